The van der Waals surface area contributed by atoms with Crippen LogP contribution in [0.15, 0.2) is 54.6 Å². The van der Waals surface area contributed by atoms with Crippen LogP contribution in [0.4, 0.5) is 0 Å². The van der Waals surface area contributed by atoms with Crippen molar-refractivity contribution >= 4 is 18.1 Å². The molecule has 2 aromatic carbocycles. The number of aryl methyl sites for hydroxylation is 1. The summed E-state index contributed by atoms with van der Waals surface area (Å²) in [4.78, 5) is 14.2. The van der Waals surface area contributed by atoms with Crippen molar-refractivity contribution in [3.05, 3.63) is 64.9 Å². The third-order valence-electron chi connectivity index (χ3n) is 4.45. The molecule has 3 aromatic rings. The van der Waals surface area contributed by atoms with Crippen LogP contribution in [-0.2, 0) is 11.3 Å². The van der Waals surface area contributed by atoms with Crippen molar-refractivity contribution in [2.45, 2.75) is 19.9 Å². The molecule has 0 radical (unpaired) electrons. The number of carbonyl (C=O) groups is 1. The van der Waals surface area contributed by atoms with Gasteiger partial charge in [-0.05, 0) is 37.3 Å². The van der Waals surface area contributed by atoms with E-state index in [0.717, 1.165) is 22.7 Å². The molecule has 1 amide bonds. The fraction of sp³-hybridized carbons (Fsp3) is 0.286. The monoisotopic (exact) mass is 396 g/mol. The minimum absolute atomic E-state index is 0.0370. The quantitative estimate of drug-likeness (QED) is 0.588. The lowest BCUT2D eigenvalue weighted by atomic mass is 10.1. The summed E-state index contributed by atoms with van der Waals surface area (Å²) in [5.74, 6) is 1.59. The highest BCUT2D eigenvalue weighted by molar-refractivity contribution is 7.71. The summed E-state index contributed by atoms with van der Waals surface area (Å²) in [6.45, 7) is 3.48. The number of ether oxygens (including phenoxy) is 1. The van der Waals surface area contributed by atoms with Crippen LogP contribution in [0.5, 0.6) is 5.75 Å². The average molecular weight is 397 g/mol. The standard InChI is InChI=1S/C21H24N4O2S/c1-16-7-6-8-17(15-16)20-22-23-21(28)25(20)12-11-19(26)24(2)13-14-27-18-9-4-3-5-10-18/h3-10,15H,11-14H2,1-2H3,(H,23,28). The maximum atomic E-state index is 12.5. The fourth-order valence-corrected chi connectivity index (χ4v) is 3.09. The Kier molecular flexibility index (Phi) is 6.60. The van der Waals surface area contributed by atoms with Gasteiger partial charge < -0.3 is 9.64 Å². The molecule has 0 saturated carbocycles. The molecule has 0 saturated heterocycles. The van der Waals surface area contributed by atoms with Crippen LogP contribution in [-0.4, -0.2) is 45.8 Å². The third-order valence-corrected chi connectivity index (χ3v) is 4.76. The predicted molar refractivity (Wildman–Crippen MR) is 112 cm³/mol. The average Bonchev–Trinajstić information content (AvgIpc) is 3.07. The van der Waals surface area contributed by atoms with E-state index in [1.807, 2.05) is 60.0 Å². The second-order valence-corrected chi connectivity index (χ2v) is 6.99. The highest BCUT2D eigenvalue weighted by Crippen LogP contribution is 2.19. The molecule has 0 unspecified atom stereocenters. The molecular weight excluding hydrogens is 372 g/mol. The van der Waals surface area contributed by atoms with Crippen LogP contribution in [0.2, 0.25) is 0 Å². The lowest BCUT2D eigenvalue weighted by Crippen LogP contribution is -2.31. The molecule has 0 fully saturated rings. The Morgan fingerprint density at radius 2 is 2.00 bits per heavy atom. The zero-order valence-electron chi connectivity index (χ0n) is 16.1. The Bertz CT molecular complexity index is 981. The van der Waals surface area contributed by atoms with Crippen LogP contribution < -0.4 is 4.74 Å². The number of nitrogens with zero attached hydrogens (tertiary/aromatic N) is 3. The van der Waals surface area contributed by atoms with E-state index in [1.165, 1.54) is 0 Å². The van der Waals surface area contributed by atoms with Gasteiger partial charge in [0.05, 0.1) is 6.54 Å². The van der Waals surface area contributed by atoms with Crippen molar-refractivity contribution in [2.75, 3.05) is 20.2 Å². The van der Waals surface area contributed by atoms with Gasteiger partial charge >= 0.3 is 0 Å². The normalized spacial score (nSPS) is 10.6. The maximum Gasteiger partial charge on any atom is 0.224 e. The smallest absolute Gasteiger partial charge is 0.224 e. The number of nitrogens with one attached hydrogen (secondary N) is 1. The lowest BCUT2D eigenvalue weighted by Gasteiger charge is -2.18. The summed E-state index contributed by atoms with van der Waals surface area (Å²) in [5.41, 5.74) is 2.12. The van der Waals surface area contributed by atoms with E-state index < -0.39 is 0 Å². The van der Waals surface area contributed by atoms with E-state index in [1.54, 1.807) is 11.9 Å². The van der Waals surface area contributed by atoms with Gasteiger partial charge in [0.15, 0.2) is 10.6 Å². The first-order chi connectivity index (χ1) is 13.5. The molecule has 0 aliphatic heterocycles. The molecular formula is C21H24N4O2S. The minimum Gasteiger partial charge on any atom is -0.492 e. The second kappa shape index (κ2) is 9.32. The van der Waals surface area contributed by atoms with Crippen LogP contribution >= 0.6 is 12.2 Å². The second-order valence-electron chi connectivity index (χ2n) is 6.60. The molecule has 0 aliphatic rings. The molecule has 0 spiro atoms. The third kappa shape index (κ3) is 5.07. The van der Waals surface area contributed by atoms with Crippen LogP contribution in [0, 0.1) is 11.7 Å². The fourth-order valence-electron chi connectivity index (χ4n) is 2.87. The largest absolute Gasteiger partial charge is 0.492 e. The first kappa shape index (κ1) is 19.8. The number of para-hydroxylation sites is 1. The first-order valence-corrected chi connectivity index (χ1v) is 9.59. The number of aromatic nitrogens is 3. The van der Waals surface area contributed by atoms with Crippen molar-refractivity contribution < 1.29 is 9.53 Å². The van der Waals surface area contributed by atoms with E-state index in [4.69, 9.17) is 17.0 Å². The molecule has 0 aliphatic carbocycles. The van der Waals surface area contributed by atoms with E-state index >= 15 is 0 Å². The molecule has 0 bridgehead atoms. The van der Waals surface area contributed by atoms with Crippen molar-refractivity contribution in [1.82, 2.24) is 19.7 Å². The molecule has 0 atom stereocenters. The predicted octanol–water partition coefficient (Wildman–Crippen LogP) is 3.84. The van der Waals surface area contributed by atoms with Gasteiger partial charge in [0.25, 0.3) is 0 Å². The Labute approximate surface area is 169 Å². The molecule has 146 valence electrons. The van der Waals surface area contributed by atoms with Crippen LogP contribution in [0.3, 0.4) is 0 Å². The number of aromatic amines is 1. The van der Waals surface area contributed by atoms with Crippen LogP contribution in [0.25, 0.3) is 11.4 Å². The number of rotatable bonds is 8. The van der Waals surface area contributed by atoms with Gasteiger partial charge in [-0.15, -0.1) is 0 Å². The van der Waals surface area contributed by atoms with Gasteiger partial charge in [-0.2, -0.15) is 5.10 Å². The summed E-state index contributed by atoms with van der Waals surface area (Å²) in [5, 5.41) is 7.17. The Hall–Kier alpha value is -2.93. The minimum atomic E-state index is 0.0370. The van der Waals surface area contributed by atoms with Crippen molar-refractivity contribution in [3.8, 4) is 17.1 Å². The molecule has 1 heterocycles. The zero-order valence-corrected chi connectivity index (χ0v) is 16.9. The van der Waals surface area contributed by atoms with Gasteiger partial charge in [-0.3, -0.25) is 14.5 Å². The summed E-state index contributed by atoms with van der Waals surface area (Å²) >= 11 is 5.35. The molecule has 3 rings (SSSR count). The Morgan fingerprint density at radius 3 is 2.75 bits per heavy atom. The van der Waals surface area contributed by atoms with E-state index in [9.17, 15) is 4.79 Å². The van der Waals surface area contributed by atoms with Crippen LogP contribution in [0.1, 0.15) is 12.0 Å². The first-order valence-electron chi connectivity index (χ1n) is 9.18. The van der Waals surface area contributed by atoms with Crippen molar-refractivity contribution in [1.29, 1.82) is 0 Å². The molecule has 7 heteroatoms. The van der Waals surface area contributed by atoms with Gasteiger partial charge in [0, 0.05) is 25.6 Å². The maximum absolute atomic E-state index is 12.5. The van der Waals surface area contributed by atoms with Crippen molar-refractivity contribution in [2.24, 2.45) is 0 Å². The number of benzene rings is 2. The highest BCUT2D eigenvalue weighted by atomic mass is 32.1. The molecule has 1 aromatic heterocycles. The number of hydrogen-bond donors (Lipinski definition) is 1. The SMILES string of the molecule is Cc1cccc(-c2n[nH]c(=S)n2CCC(=O)N(C)CCOc2ccccc2)c1. The molecule has 6 nitrogen and oxygen atoms in total. The molecule has 1 N–H and O–H groups in total. The number of carbonyl (C=O) groups excluding carboxylic acids is 1. The lowest BCUT2D eigenvalue weighted by molar-refractivity contribution is -0.130. The summed E-state index contributed by atoms with van der Waals surface area (Å²) in [7, 11) is 1.78. The highest BCUT2D eigenvalue weighted by Gasteiger charge is 2.13. The topological polar surface area (TPSA) is 63.2 Å². The Morgan fingerprint density at radius 1 is 1.21 bits per heavy atom. The zero-order chi connectivity index (χ0) is 19.9. The van der Waals surface area contributed by atoms with E-state index in [0.29, 0.717) is 30.9 Å². The number of hydrogen-bond acceptors (Lipinski definition) is 4. The van der Waals surface area contributed by atoms with Gasteiger partial charge in [0.2, 0.25) is 5.91 Å². The summed E-state index contributed by atoms with van der Waals surface area (Å²) in [6.07, 6.45) is 0.342. The van der Waals surface area contributed by atoms with E-state index in [-0.39, 0.29) is 5.91 Å². The number of likely N-dealkylation sites (N-methyl/N-ethyl adjacent to an activating group) is 1. The molecule has 28 heavy (non-hydrogen) atoms. The van der Waals surface area contributed by atoms with Gasteiger partial charge in [0.1, 0.15) is 12.4 Å². The number of amides is 1. The van der Waals surface area contributed by atoms with Gasteiger partial charge in [-0.1, -0.05) is 42.0 Å². The van der Waals surface area contributed by atoms with Crippen molar-refractivity contribution in [3.63, 3.8) is 0 Å². The number of H-pyrrole nitrogens is 1. The van der Waals surface area contributed by atoms with E-state index in [2.05, 4.69) is 16.3 Å². The summed E-state index contributed by atoms with van der Waals surface area (Å²) in [6, 6.07) is 17.6. The Balaban J connectivity index is 1.56. The summed E-state index contributed by atoms with van der Waals surface area (Å²) < 4.78 is 8.04. The van der Waals surface area contributed by atoms with Gasteiger partial charge in [-0.25, -0.2) is 0 Å².